The van der Waals surface area contributed by atoms with Gasteiger partial charge in [0, 0.05) is 12.6 Å². The largest absolute Gasteiger partial charge is 0.465 e. The van der Waals surface area contributed by atoms with E-state index in [2.05, 4.69) is 29.2 Å². The van der Waals surface area contributed by atoms with Gasteiger partial charge < -0.3 is 4.74 Å². The number of ether oxygens (including phenoxy) is 1. The van der Waals surface area contributed by atoms with Crippen molar-refractivity contribution in [2.75, 3.05) is 6.61 Å². The van der Waals surface area contributed by atoms with Crippen molar-refractivity contribution < 1.29 is 9.53 Å². The van der Waals surface area contributed by atoms with Gasteiger partial charge in [-0.25, -0.2) is 0 Å². The predicted octanol–water partition coefficient (Wildman–Crippen LogP) is 3.38. The Morgan fingerprint density at radius 2 is 2.00 bits per heavy atom. The smallest absolute Gasteiger partial charge is 0.323 e. The van der Waals surface area contributed by atoms with Crippen LogP contribution in [0.15, 0.2) is 30.3 Å². The van der Waals surface area contributed by atoms with Crippen molar-refractivity contribution >= 4 is 5.97 Å². The van der Waals surface area contributed by atoms with Gasteiger partial charge in [-0.1, -0.05) is 43.2 Å². The zero-order valence-corrected chi connectivity index (χ0v) is 12.8. The lowest BCUT2D eigenvalue weighted by atomic mass is 9.84. The fourth-order valence-corrected chi connectivity index (χ4v) is 4.04. The molecule has 1 saturated heterocycles. The van der Waals surface area contributed by atoms with Crippen LogP contribution < -0.4 is 0 Å². The molecule has 3 unspecified atom stereocenters. The highest BCUT2D eigenvalue weighted by molar-refractivity contribution is 5.76. The van der Waals surface area contributed by atoms with E-state index in [-0.39, 0.29) is 12.0 Å². The summed E-state index contributed by atoms with van der Waals surface area (Å²) in [5.41, 5.74) is 1.29. The van der Waals surface area contributed by atoms with E-state index in [9.17, 15) is 4.79 Å². The van der Waals surface area contributed by atoms with Crippen LogP contribution in [0.25, 0.3) is 0 Å². The molecule has 1 aromatic rings. The molecule has 0 amide bonds. The molecule has 21 heavy (non-hydrogen) atoms. The van der Waals surface area contributed by atoms with Crippen LogP contribution in [0.5, 0.6) is 0 Å². The second-order valence-electron chi connectivity index (χ2n) is 6.27. The third-order valence-corrected chi connectivity index (χ3v) is 4.99. The van der Waals surface area contributed by atoms with Crippen molar-refractivity contribution in [3.8, 4) is 0 Å². The summed E-state index contributed by atoms with van der Waals surface area (Å²) in [6, 6.07) is 11.0. The summed E-state index contributed by atoms with van der Waals surface area (Å²) in [7, 11) is 0. The maximum absolute atomic E-state index is 12.3. The SMILES string of the molecule is CCOC(=O)C1CC2CCCCC2N1Cc1ccccc1. The Bertz CT molecular complexity index is 473. The van der Waals surface area contributed by atoms with E-state index in [0.29, 0.717) is 18.6 Å². The normalized spacial score (nSPS) is 29.1. The van der Waals surface area contributed by atoms with Crippen molar-refractivity contribution in [1.29, 1.82) is 0 Å². The van der Waals surface area contributed by atoms with Crippen molar-refractivity contribution in [2.45, 2.75) is 57.7 Å². The number of hydrogen-bond donors (Lipinski definition) is 0. The van der Waals surface area contributed by atoms with Gasteiger partial charge in [0.25, 0.3) is 0 Å². The molecule has 3 nitrogen and oxygen atoms in total. The highest BCUT2D eigenvalue weighted by atomic mass is 16.5. The topological polar surface area (TPSA) is 29.5 Å². The van der Waals surface area contributed by atoms with Crippen molar-refractivity contribution in [1.82, 2.24) is 4.90 Å². The standard InChI is InChI=1S/C18H25NO2/c1-2-21-18(20)17-12-15-10-6-7-11-16(15)19(17)13-14-8-4-3-5-9-14/h3-5,8-9,15-17H,2,6-7,10-13H2,1H3. The molecular formula is C18H25NO2. The monoisotopic (exact) mass is 287 g/mol. The second-order valence-corrected chi connectivity index (χ2v) is 6.27. The Labute approximate surface area is 127 Å². The second kappa shape index (κ2) is 6.61. The summed E-state index contributed by atoms with van der Waals surface area (Å²) in [5, 5.41) is 0. The quantitative estimate of drug-likeness (QED) is 0.795. The summed E-state index contributed by atoms with van der Waals surface area (Å²) in [5.74, 6) is 0.652. The molecule has 0 spiro atoms. The molecule has 0 aromatic heterocycles. The lowest BCUT2D eigenvalue weighted by molar-refractivity contribution is -0.149. The summed E-state index contributed by atoms with van der Waals surface area (Å²) >= 11 is 0. The minimum absolute atomic E-state index is 0.0252. The maximum Gasteiger partial charge on any atom is 0.323 e. The fraction of sp³-hybridized carbons (Fsp3) is 0.611. The zero-order valence-electron chi connectivity index (χ0n) is 12.8. The lowest BCUT2D eigenvalue weighted by Crippen LogP contribution is -2.42. The Kier molecular flexibility index (Phi) is 4.59. The fourth-order valence-electron chi connectivity index (χ4n) is 4.04. The summed E-state index contributed by atoms with van der Waals surface area (Å²) in [4.78, 5) is 14.7. The molecule has 0 bridgehead atoms. The van der Waals surface area contributed by atoms with Crippen molar-refractivity contribution in [2.24, 2.45) is 5.92 Å². The molecule has 1 heterocycles. The molecule has 2 aliphatic rings. The van der Waals surface area contributed by atoms with E-state index >= 15 is 0 Å². The molecular weight excluding hydrogens is 262 g/mol. The van der Waals surface area contributed by atoms with E-state index in [1.54, 1.807) is 0 Å². The number of carbonyl (C=O) groups excluding carboxylic acids is 1. The van der Waals surface area contributed by atoms with Crippen LogP contribution in [-0.4, -0.2) is 29.6 Å². The molecule has 3 heteroatoms. The lowest BCUT2D eigenvalue weighted by Gasteiger charge is -2.33. The number of benzene rings is 1. The third-order valence-electron chi connectivity index (χ3n) is 4.99. The molecule has 1 aliphatic heterocycles. The van der Waals surface area contributed by atoms with E-state index in [4.69, 9.17) is 4.74 Å². The van der Waals surface area contributed by atoms with Crippen molar-refractivity contribution in [3.63, 3.8) is 0 Å². The van der Waals surface area contributed by atoms with Gasteiger partial charge >= 0.3 is 5.97 Å². The van der Waals surface area contributed by atoms with Gasteiger partial charge in [-0.3, -0.25) is 9.69 Å². The van der Waals surface area contributed by atoms with E-state index in [1.807, 2.05) is 13.0 Å². The summed E-state index contributed by atoms with van der Waals surface area (Å²) in [6.45, 7) is 3.23. The van der Waals surface area contributed by atoms with E-state index in [0.717, 1.165) is 13.0 Å². The molecule has 114 valence electrons. The average Bonchev–Trinajstić information content (AvgIpc) is 2.88. The number of nitrogens with zero attached hydrogens (tertiary/aromatic N) is 1. The first-order valence-corrected chi connectivity index (χ1v) is 8.26. The van der Waals surface area contributed by atoms with Gasteiger partial charge in [0.2, 0.25) is 0 Å². The first kappa shape index (κ1) is 14.6. The van der Waals surface area contributed by atoms with Crippen LogP contribution in [-0.2, 0) is 16.1 Å². The van der Waals surface area contributed by atoms with Gasteiger partial charge in [-0.05, 0) is 37.7 Å². The minimum Gasteiger partial charge on any atom is -0.465 e. The van der Waals surface area contributed by atoms with Gasteiger partial charge in [0.15, 0.2) is 0 Å². The first-order chi connectivity index (χ1) is 10.3. The van der Waals surface area contributed by atoms with Gasteiger partial charge in [0.1, 0.15) is 6.04 Å². The molecule has 0 radical (unpaired) electrons. The van der Waals surface area contributed by atoms with Gasteiger partial charge in [-0.2, -0.15) is 0 Å². The van der Waals surface area contributed by atoms with E-state index < -0.39 is 0 Å². The van der Waals surface area contributed by atoms with E-state index in [1.165, 1.54) is 31.2 Å². The molecule has 1 saturated carbocycles. The van der Waals surface area contributed by atoms with Crippen LogP contribution in [0.3, 0.4) is 0 Å². The Hall–Kier alpha value is -1.35. The number of likely N-dealkylation sites (tertiary alicyclic amines) is 1. The molecule has 1 aliphatic carbocycles. The number of esters is 1. The maximum atomic E-state index is 12.3. The molecule has 3 rings (SSSR count). The van der Waals surface area contributed by atoms with Gasteiger partial charge in [0.05, 0.1) is 6.61 Å². The van der Waals surface area contributed by atoms with Crippen LogP contribution in [0.4, 0.5) is 0 Å². The average molecular weight is 287 g/mol. The Morgan fingerprint density at radius 3 is 2.76 bits per heavy atom. The molecule has 2 fully saturated rings. The van der Waals surface area contributed by atoms with Crippen LogP contribution in [0, 0.1) is 5.92 Å². The number of rotatable bonds is 4. The Morgan fingerprint density at radius 1 is 1.24 bits per heavy atom. The minimum atomic E-state index is -0.0433. The summed E-state index contributed by atoms with van der Waals surface area (Å²) in [6.07, 6.45) is 6.09. The first-order valence-electron chi connectivity index (χ1n) is 8.26. The summed E-state index contributed by atoms with van der Waals surface area (Å²) < 4.78 is 5.32. The molecule has 0 N–H and O–H groups in total. The highest BCUT2D eigenvalue weighted by Crippen LogP contribution is 2.40. The van der Waals surface area contributed by atoms with Crippen LogP contribution in [0.1, 0.15) is 44.6 Å². The van der Waals surface area contributed by atoms with Gasteiger partial charge in [-0.15, -0.1) is 0 Å². The third kappa shape index (κ3) is 3.13. The number of hydrogen-bond acceptors (Lipinski definition) is 3. The van der Waals surface area contributed by atoms with Crippen LogP contribution >= 0.6 is 0 Å². The number of carbonyl (C=O) groups is 1. The zero-order chi connectivity index (χ0) is 14.7. The molecule has 3 atom stereocenters. The van der Waals surface area contributed by atoms with Crippen molar-refractivity contribution in [3.05, 3.63) is 35.9 Å². The molecule has 1 aromatic carbocycles. The van der Waals surface area contributed by atoms with Crippen LogP contribution in [0.2, 0.25) is 0 Å². The Balaban J connectivity index is 1.79. The predicted molar refractivity (Wildman–Crippen MR) is 82.8 cm³/mol. The highest BCUT2D eigenvalue weighted by Gasteiger charge is 2.45. The number of fused-ring (bicyclic) bond motifs is 1.